The van der Waals surface area contributed by atoms with Gasteiger partial charge in [-0.25, -0.2) is 4.39 Å². The zero-order valence-corrected chi connectivity index (χ0v) is 22.2. The van der Waals surface area contributed by atoms with Crippen molar-refractivity contribution in [3.8, 4) is 5.75 Å². The summed E-state index contributed by atoms with van der Waals surface area (Å²) in [6.45, 7) is 3.19. The van der Waals surface area contributed by atoms with E-state index in [4.69, 9.17) is 9.47 Å². The molecule has 0 spiro atoms. The monoisotopic (exact) mass is 681 g/mol. The fourth-order valence-electron chi connectivity index (χ4n) is 2.80. The van der Waals surface area contributed by atoms with Gasteiger partial charge in [-0.05, 0) is 112 Å². The second kappa shape index (κ2) is 11.0. The van der Waals surface area contributed by atoms with E-state index in [1.54, 1.807) is 32.1 Å². The number of nitrogens with zero attached hydrogens (tertiary/aromatic N) is 1. The third-order valence-corrected chi connectivity index (χ3v) is 6.63. The number of esters is 1. The van der Waals surface area contributed by atoms with Crippen molar-refractivity contribution in [2.24, 2.45) is 0 Å². The first-order valence-electron chi connectivity index (χ1n) is 9.45. The number of rotatable bonds is 7. The van der Waals surface area contributed by atoms with Crippen LogP contribution >= 0.6 is 56.9 Å². The van der Waals surface area contributed by atoms with Crippen molar-refractivity contribution < 1.29 is 28.2 Å². The molecule has 1 fully saturated rings. The molecule has 0 aliphatic carbocycles. The zero-order chi connectivity index (χ0) is 23.4. The van der Waals surface area contributed by atoms with E-state index >= 15 is 0 Å². The van der Waals surface area contributed by atoms with Gasteiger partial charge in [-0.15, -0.1) is 0 Å². The molecule has 3 rings (SSSR count). The summed E-state index contributed by atoms with van der Waals surface area (Å²) in [6.07, 6.45) is 1.28. The summed E-state index contributed by atoms with van der Waals surface area (Å²) in [6, 6.07) is 9.85. The molecule has 1 aliphatic rings. The molecule has 0 atom stereocenters. The van der Waals surface area contributed by atoms with Gasteiger partial charge in [0.05, 0.1) is 18.1 Å². The first kappa shape index (κ1) is 25.0. The predicted molar refractivity (Wildman–Crippen MR) is 137 cm³/mol. The number of carbonyl (C=O) groups excluding carboxylic acids is 3. The van der Waals surface area contributed by atoms with Gasteiger partial charge in [-0.3, -0.25) is 19.3 Å². The Labute approximate surface area is 216 Å². The summed E-state index contributed by atoms with van der Waals surface area (Å²) in [5.74, 6) is -0.834. The molecule has 2 amide bonds. The van der Waals surface area contributed by atoms with Crippen molar-refractivity contribution in [1.29, 1.82) is 0 Å². The van der Waals surface area contributed by atoms with Crippen molar-refractivity contribution >= 4 is 80.1 Å². The molecule has 10 heteroatoms. The number of thioether (sulfide) groups is 1. The Hall–Kier alpha value is -1.67. The molecule has 1 saturated heterocycles. The Kier molecular flexibility index (Phi) is 8.55. The summed E-state index contributed by atoms with van der Waals surface area (Å²) < 4.78 is 25.9. The number of hydrogen-bond acceptors (Lipinski definition) is 6. The lowest BCUT2D eigenvalue weighted by molar-refractivity contribution is -0.149. The molecule has 0 radical (unpaired) electrons. The normalized spacial score (nSPS) is 15.1. The van der Waals surface area contributed by atoms with E-state index in [1.807, 2.05) is 12.1 Å². The van der Waals surface area contributed by atoms with Crippen LogP contribution in [0, 0.1) is 13.0 Å². The minimum absolute atomic E-state index is 0.217. The maximum atomic E-state index is 13.4. The number of amides is 2. The van der Waals surface area contributed by atoms with Gasteiger partial charge < -0.3 is 9.47 Å². The van der Waals surface area contributed by atoms with Gasteiger partial charge in [-0.1, -0.05) is 12.1 Å². The molecule has 0 saturated carbocycles. The highest BCUT2D eigenvalue weighted by Crippen LogP contribution is 2.35. The largest absolute Gasteiger partial charge is 0.487 e. The molecule has 0 unspecified atom stereocenters. The first-order chi connectivity index (χ1) is 15.1. The summed E-state index contributed by atoms with van der Waals surface area (Å²) in [4.78, 5) is 37.8. The minimum atomic E-state index is -0.632. The summed E-state index contributed by atoms with van der Waals surface area (Å²) in [5.41, 5.74) is 1.43. The van der Waals surface area contributed by atoms with Gasteiger partial charge in [0, 0.05) is 0 Å². The van der Waals surface area contributed by atoms with Gasteiger partial charge in [0.2, 0.25) is 0 Å². The van der Waals surface area contributed by atoms with Gasteiger partial charge in [0.25, 0.3) is 11.1 Å². The molecule has 6 nitrogen and oxygen atoms in total. The van der Waals surface area contributed by atoms with Crippen molar-refractivity contribution in [2.75, 3.05) is 6.54 Å². The fourth-order valence-corrected chi connectivity index (χ4v) is 5.77. The average molecular weight is 681 g/mol. The Bertz CT molecular complexity index is 1080. The van der Waals surface area contributed by atoms with Crippen LogP contribution in [0.15, 0.2) is 41.3 Å². The molecular weight excluding hydrogens is 663 g/mol. The molecule has 168 valence electrons. The quantitative estimate of drug-likeness (QED) is 0.215. The van der Waals surface area contributed by atoms with Crippen LogP contribution < -0.4 is 4.74 Å². The Morgan fingerprint density at radius 2 is 1.88 bits per heavy atom. The lowest BCUT2D eigenvalue weighted by atomic mass is 10.2. The van der Waals surface area contributed by atoms with Crippen LogP contribution in [-0.4, -0.2) is 34.7 Å². The van der Waals surface area contributed by atoms with E-state index in [2.05, 4.69) is 45.2 Å². The molecule has 2 aromatic rings. The number of benzene rings is 2. The number of carbonyl (C=O) groups is 3. The number of hydrogen-bond donors (Lipinski definition) is 0. The van der Waals surface area contributed by atoms with Crippen LogP contribution in [0.1, 0.15) is 25.0 Å². The SMILES string of the molecule is CC(C)OC(=O)CN1C(=O)S/C(=C/c2cc(I)c(OCc3cccc(F)c3)c(I)c2)C1=O. The highest BCUT2D eigenvalue weighted by Gasteiger charge is 2.36. The number of halogens is 3. The topological polar surface area (TPSA) is 72.9 Å². The van der Waals surface area contributed by atoms with Crippen LogP contribution in [0.5, 0.6) is 5.75 Å². The Balaban J connectivity index is 1.73. The Morgan fingerprint density at radius 1 is 1.19 bits per heavy atom. The second-order valence-corrected chi connectivity index (χ2v) is 10.4. The van der Waals surface area contributed by atoms with Crippen LogP contribution in [0.2, 0.25) is 0 Å². The standard InChI is InChI=1S/C22H18FI2NO5S/c1-12(2)31-19(27)10-26-21(28)18(32-22(26)29)9-14-7-16(24)20(17(25)8-14)30-11-13-4-3-5-15(23)6-13/h3-9,12H,10-11H2,1-2H3/b18-9+. The average Bonchev–Trinajstić information content (AvgIpc) is 2.94. The van der Waals surface area contributed by atoms with Crippen molar-refractivity contribution in [3.05, 3.63) is 65.4 Å². The van der Waals surface area contributed by atoms with E-state index in [-0.39, 0.29) is 23.4 Å². The van der Waals surface area contributed by atoms with Gasteiger partial charge in [-0.2, -0.15) is 0 Å². The molecule has 1 heterocycles. The van der Waals surface area contributed by atoms with Crippen LogP contribution in [0.4, 0.5) is 9.18 Å². The fraction of sp³-hybridized carbons (Fsp3) is 0.227. The maximum absolute atomic E-state index is 13.4. The summed E-state index contributed by atoms with van der Waals surface area (Å²) in [7, 11) is 0. The maximum Gasteiger partial charge on any atom is 0.326 e. The molecule has 0 N–H and O–H groups in total. The molecule has 1 aliphatic heterocycles. The summed E-state index contributed by atoms with van der Waals surface area (Å²) in [5, 5.41) is -0.513. The molecule has 2 aromatic carbocycles. The third kappa shape index (κ3) is 6.44. The molecular formula is C22H18FI2NO5S. The second-order valence-electron chi connectivity index (χ2n) is 7.04. The highest BCUT2D eigenvalue weighted by molar-refractivity contribution is 14.1. The van der Waals surface area contributed by atoms with Gasteiger partial charge in [0.1, 0.15) is 24.7 Å². The van der Waals surface area contributed by atoms with Crippen LogP contribution in [-0.2, 0) is 20.9 Å². The van der Waals surface area contributed by atoms with E-state index in [1.165, 1.54) is 12.1 Å². The highest BCUT2D eigenvalue weighted by atomic mass is 127. The van der Waals surface area contributed by atoms with Crippen molar-refractivity contribution in [2.45, 2.75) is 26.6 Å². The smallest absolute Gasteiger partial charge is 0.326 e. The zero-order valence-electron chi connectivity index (χ0n) is 17.1. The van der Waals surface area contributed by atoms with E-state index in [0.29, 0.717) is 16.9 Å². The van der Waals surface area contributed by atoms with Crippen molar-refractivity contribution in [3.63, 3.8) is 0 Å². The predicted octanol–water partition coefficient (Wildman–Crippen LogP) is 5.60. The van der Waals surface area contributed by atoms with Crippen molar-refractivity contribution in [1.82, 2.24) is 4.90 Å². The lowest BCUT2D eigenvalue weighted by Gasteiger charge is -2.13. The van der Waals surface area contributed by atoms with E-state index in [9.17, 15) is 18.8 Å². The number of imide groups is 1. The van der Waals surface area contributed by atoms with E-state index in [0.717, 1.165) is 23.8 Å². The first-order valence-corrected chi connectivity index (χ1v) is 12.4. The Morgan fingerprint density at radius 3 is 2.50 bits per heavy atom. The molecule has 0 aromatic heterocycles. The van der Waals surface area contributed by atoms with E-state index < -0.39 is 23.7 Å². The number of ether oxygens (including phenoxy) is 2. The van der Waals surface area contributed by atoms with Gasteiger partial charge >= 0.3 is 5.97 Å². The molecule has 32 heavy (non-hydrogen) atoms. The molecule has 0 bridgehead atoms. The third-order valence-electron chi connectivity index (χ3n) is 4.12. The minimum Gasteiger partial charge on any atom is -0.487 e. The van der Waals surface area contributed by atoms with Crippen LogP contribution in [0.25, 0.3) is 6.08 Å². The van der Waals surface area contributed by atoms with Crippen LogP contribution in [0.3, 0.4) is 0 Å². The lowest BCUT2D eigenvalue weighted by Crippen LogP contribution is -2.35. The summed E-state index contributed by atoms with van der Waals surface area (Å²) >= 11 is 5.03. The van der Waals surface area contributed by atoms with Gasteiger partial charge in [0.15, 0.2) is 0 Å².